The van der Waals surface area contributed by atoms with Crippen molar-refractivity contribution in [3.63, 3.8) is 0 Å². The fraction of sp³-hybridized carbons (Fsp3) is 0.571. The maximum Gasteiger partial charge on any atom is 0.309 e. The molecule has 20 heavy (non-hydrogen) atoms. The number of benzene rings is 1. The fourth-order valence-corrected chi connectivity index (χ4v) is 3.50. The Morgan fingerprint density at radius 2 is 2.10 bits per heavy atom. The summed E-state index contributed by atoms with van der Waals surface area (Å²) in [5.41, 5.74) is 1.73. The van der Waals surface area contributed by atoms with E-state index in [0.717, 1.165) is 16.9 Å². The van der Waals surface area contributed by atoms with Crippen LogP contribution in [-0.2, 0) is 15.5 Å². The zero-order chi connectivity index (χ0) is 15.0. The smallest absolute Gasteiger partial charge is 0.309 e. The van der Waals surface area contributed by atoms with Crippen LogP contribution in [0.3, 0.4) is 0 Å². The summed E-state index contributed by atoms with van der Waals surface area (Å²) in [6, 6.07) is 3.45. The van der Waals surface area contributed by atoms with Crippen LogP contribution >= 0.6 is 11.6 Å². The van der Waals surface area contributed by atoms with E-state index in [-0.39, 0.29) is 11.2 Å². The molecule has 1 aromatic carbocycles. The van der Waals surface area contributed by atoms with Crippen LogP contribution < -0.4 is 8.92 Å². The second-order valence-electron chi connectivity index (χ2n) is 5.68. The molecule has 6 heteroatoms. The van der Waals surface area contributed by atoms with Crippen molar-refractivity contribution < 1.29 is 17.3 Å². The summed E-state index contributed by atoms with van der Waals surface area (Å²) in [5.74, 6) is 1.40. The van der Waals surface area contributed by atoms with Gasteiger partial charge in [-0.05, 0) is 31.0 Å². The summed E-state index contributed by atoms with van der Waals surface area (Å²) in [6.07, 6.45) is 0.377. The number of halogens is 1. The van der Waals surface area contributed by atoms with Gasteiger partial charge in [0.1, 0.15) is 11.5 Å². The summed E-state index contributed by atoms with van der Waals surface area (Å²) in [4.78, 5) is 0. The molecule has 0 aromatic heterocycles. The first kappa shape index (κ1) is 15.4. The van der Waals surface area contributed by atoms with Crippen LogP contribution in [0.4, 0.5) is 0 Å². The van der Waals surface area contributed by atoms with Gasteiger partial charge in [-0.15, -0.1) is 11.6 Å². The van der Waals surface area contributed by atoms with Crippen molar-refractivity contribution in [1.82, 2.24) is 0 Å². The third kappa shape index (κ3) is 3.20. The molecule has 0 saturated heterocycles. The average Bonchev–Trinajstić information content (AvgIpc) is 2.63. The minimum atomic E-state index is -3.59. The molecular formula is C14H19ClO4S. The lowest BCUT2D eigenvalue weighted by Gasteiger charge is -2.16. The molecule has 0 bridgehead atoms. The van der Waals surface area contributed by atoms with Crippen molar-refractivity contribution in [2.75, 3.05) is 18.2 Å². The van der Waals surface area contributed by atoms with E-state index in [0.29, 0.717) is 24.7 Å². The molecule has 0 amide bonds. The van der Waals surface area contributed by atoms with E-state index < -0.39 is 10.1 Å². The Balaban J connectivity index is 2.30. The average molecular weight is 319 g/mol. The minimum absolute atomic E-state index is 0.0769. The van der Waals surface area contributed by atoms with Crippen LogP contribution in [0.5, 0.6) is 11.5 Å². The van der Waals surface area contributed by atoms with Crippen LogP contribution in [0, 0.1) is 6.92 Å². The Kier molecular flexibility index (Phi) is 4.21. The van der Waals surface area contributed by atoms with E-state index in [1.54, 1.807) is 12.1 Å². The van der Waals surface area contributed by atoms with Gasteiger partial charge < -0.3 is 8.92 Å². The van der Waals surface area contributed by atoms with Crippen LogP contribution in [0.1, 0.15) is 31.4 Å². The Labute approximate surface area is 125 Å². The molecule has 0 atom stereocenters. The van der Waals surface area contributed by atoms with E-state index in [1.807, 2.05) is 6.92 Å². The molecule has 1 heterocycles. The first-order valence-electron chi connectivity index (χ1n) is 6.51. The van der Waals surface area contributed by atoms with Gasteiger partial charge in [0.15, 0.2) is 0 Å². The van der Waals surface area contributed by atoms with Gasteiger partial charge in [0, 0.05) is 16.9 Å². The van der Waals surface area contributed by atoms with E-state index in [9.17, 15) is 8.42 Å². The molecule has 0 spiro atoms. The number of fused-ring (bicyclic) bond motifs is 1. The summed E-state index contributed by atoms with van der Waals surface area (Å²) in [6.45, 7) is 6.60. The van der Waals surface area contributed by atoms with Crippen molar-refractivity contribution in [2.24, 2.45) is 0 Å². The Hall–Kier alpha value is -0.940. The molecule has 0 unspecified atom stereocenters. The number of hydrogen-bond acceptors (Lipinski definition) is 4. The van der Waals surface area contributed by atoms with Gasteiger partial charge in [0.05, 0.1) is 12.4 Å². The van der Waals surface area contributed by atoms with Crippen LogP contribution in [0.15, 0.2) is 12.1 Å². The second kappa shape index (κ2) is 5.45. The van der Waals surface area contributed by atoms with Crippen LogP contribution in [0.25, 0.3) is 0 Å². The van der Waals surface area contributed by atoms with Crippen molar-refractivity contribution in [1.29, 1.82) is 0 Å². The highest BCUT2D eigenvalue weighted by Gasteiger charge is 2.33. The van der Waals surface area contributed by atoms with Gasteiger partial charge in [-0.1, -0.05) is 13.8 Å². The largest absolute Gasteiger partial charge is 0.492 e. The number of alkyl halides is 1. The summed E-state index contributed by atoms with van der Waals surface area (Å²) in [7, 11) is -3.59. The molecule has 0 radical (unpaired) electrons. The second-order valence-corrected chi connectivity index (χ2v) is 7.75. The summed E-state index contributed by atoms with van der Waals surface area (Å²) in [5, 5.41) is 0. The summed E-state index contributed by atoms with van der Waals surface area (Å²) >= 11 is 5.51. The number of hydrogen-bond donors (Lipinski definition) is 0. The first-order chi connectivity index (χ1) is 9.25. The van der Waals surface area contributed by atoms with Crippen molar-refractivity contribution in [2.45, 2.75) is 32.6 Å². The molecule has 4 nitrogen and oxygen atoms in total. The molecule has 112 valence electrons. The van der Waals surface area contributed by atoms with Gasteiger partial charge in [-0.3, -0.25) is 0 Å². The first-order valence-corrected chi connectivity index (χ1v) is 8.62. The molecular weight excluding hydrogens is 300 g/mol. The monoisotopic (exact) mass is 318 g/mol. The van der Waals surface area contributed by atoms with Crippen LogP contribution in [-0.4, -0.2) is 26.7 Å². The molecule has 0 aliphatic carbocycles. The number of ether oxygens (including phenoxy) is 1. The highest BCUT2D eigenvalue weighted by molar-refractivity contribution is 7.87. The Morgan fingerprint density at radius 3 is 2.75 bits per heavy atom. The Morgan fingerprint density at radius 1 is 1.40 bits per heavy atom. The molecule has 0 fully saturated rings. The van der Waals surface area contributed by atoms with Gasteiger partial charge in [-0.2, -0.15) is 8.42 Å². The minimum Gasteiger partial charge on any atom is -0.492 e. The predicted octanol–water partition coefficient (Wildman–Crippen LogP) is 3.00. The van der Waals surface area contributed by atoms with Crippen molar-refractivity contribution in [3.05, 3.63) is 23.3 Å². The highest BCUT2D eigenvalue weighted by Crippen LogP contribution is 2.42. The Bertz CT molecular complexity index is 608. The lowest BCUT2D eigenvalue weighted by molar-refractivity contribution is 0.290. The van der Waals surface area contributed by atoms with Gasteiger partial charge >= 0.3 is 10.1 Å². The van der Waals surface area contributed by atoms with E-state index in [4.69, 9.17) is 20.5 Å². The molecule has 1 aromatic rings. The van der Waals surface area contributed by atoms with Gasteiger partial charge in [0.25, 0.3) is 0 Å². The predicted molar refractivity (Wildman–Crippen MR) is 79.5 cm³/mol. The number of aryl methyl sites for hydroxylation is 1. The maximum atomic E-state index is 11.8. The fourth-order valence-electron chi connectivity index (χ4n) is 2.23. The maximum absolute atomic E-state index is 11.8. The standard InChI is InChI=1S/C14H19ClO4S/c1-10-7-11(19-20(16,17)6-4-5-15)8-12-13(10)18-9-14(12,2)3/h7-8H,4-6,9H2,1-3H3. The van der Waals surface area contributed by atoms with E-state index in [1.165, 1.54) is 0 Å². The third-order valence-corrected chi connectivity index (χ3v) is 4.81. The van der Waals surface area contributed by atoms with Gasteiger partial charge in [-0.25, -0.2) is 0 Å². The lowest BCUT2D eigenvalue weighted by Crippen LogP contribution is -2.18. The summed E-state index contributed by atoms with van der Waals surface area (Å²) < 4.78 is 34.5. The SMILES string of the molecule is Cc1cc(OS(=O)(=O)CCCCl)cc2c1OCC2(C)C. The van der Waals surface area contributed by atoms with E-state index >= 15 is 0 Å². The molecule has 0 saturated carbocycles. The molecule has 1 aliphatic rings. The zero-order valence-electron chi connectivity index (χ0n) is 11.9. The van der Waals surface area contributed by atoms with E-state index in [2.05, 4.69) is 13.8 Å². The third-order valence-electron chi connectivity index (χ3n) is 3.31. The lowest BCUT2D eigenvalue weighted by atomic mass is 9.86. The molecule has 2 rings (SSSR count). The van der Waals surface area contributed by atoms with Crippen LogP contribution in [0.2, 0.25) is 0 Å². The zero-order valence-corrected chi connectivity index (χ0v) is 13.5. The quantitative estimate of drug-likeness (QED) is 0.618. The topological polar surface area (TPSA) is 52.6 Å². The van der Waals surface area contributed by atoms with Gasteiger partial charge in [0.2, 0.25) is 0 Å². The van der Waals surface area contributed by atoms with Crippen molar-refractivity contribution >= 4 is 21.7 Å². The normalized spacial score (nSPS) is 16.6. The molecule has 1 aliphatic heterocycles. The van der Waals surface area contributed by atoms with Crippen molar-refractivity contribution in [3.8, 4) is 11.5 Å². The molecule has 0 N–H and O–H groups in total. The highest BCUT2D eigenvalue weighted by atomic mass is 35.5. The number of rotatable bonds is 5.